The van der Waals surface area contributed by atoms with Crippen LogP contribution in [0.25, 0.3) is 0 Å². The maximum absolute atomic E-state index is 5.50. The van der Waals surface area contributed by atoms with E-state index in [-0.39, 0.29) is 0 Å². The lowest BCUT2D eigenvalue weighted by atomic mass is 9.82. The summed E-state index contributed by atoms with van der Waals surface area (Å²) < 4.78 is 0. The van der Waals surface area contributed by atoms with Gasteiger partial charge in [-0.05, 0) is 51.7 Å². The molecule has 1 heterocycles. The van der Waals surface area contributed by atoms with E-state index >= 15 is 0 Å². The lowest BCUT2D eigenvalue weighted by Gasteiger charge is -2.49. The summed E-state index contributed by atoms with van der Waals surface area (Å²) in [7, 11) is 0. The van der Waals surface area contributed by atoms with Gasteiger partial charge in [0.05, 0.1) is 0 Å². The van der Waals surface area contributed by atoms with Crippen LogP contribution in [0, 0.1) is 12.3 Å². The van der Waals surface area contributed by atoms with Crippen molar-refractivity contribution in [1.82, 2.24) is 10.2 Å². The van der Waals surface area contributed by atoms with Crippen LogP contribution in [0.4, 0.5) is 0 Å². The second-order valence-electron chi connectivity index (χ2n) is 6.21. The molecule has 2 rings (SSSR count). The van der Waals surface area contributed by atoms with Crippen LogP contribution >= 0.6 is 0 Å². The normalized spacial score (nSPS) is 25.1. The van der Waals surface area contributed by atoms with Gasteiger partial charge in [-0.2, -0.15) is 0 Å². The van der Waals surface area contributed by atoms with Gasteiger partial charge in [0.2, 0.25) is 0 Å². The van der Waals surface area contributed by atoms with Crippen molar-refractivity contribution in [1.29, 1.82) is 0 Å². The third-order valence-electron chi connectivity index (χ3n) is 5.13. The Labute approximate surface area is 119 Å². The Hall–Kier alpha value is -0.520. The second kappa shape index (κ2) is 7.31. The highest BCUT2D eigenvalue weighted by Gasteiger charge is 2.45. The highest BCUT2D eigenvalue weighted by molar-refractivity contribution is 5.05. The zero-order valence-corrected chi connectivity index (χ0v) is 12.6. The Morgan fingerprint density at radius 2 is 1.84 bits per heavy atom. The van der Waals surface area contributed by atoms with Crippen molar-refractivity contribution in [3.63, 3.8) is 0 Å². The zero-order valence-electron chi connectivity index (χ0n) is 12.6. The van der Waals surface area contributed by atoms with E-state index < -0.39 is 0 Å². The number of piperidine rings is 1. The molecule has 1 N–H and O–H groups in total. The van der Waals surface area contributed by atoms with Crippen LogP contribution in [0.5, 0.6) is 0 Å². The van der Waals surface area contributed by atoms with Gasteiger partial charge in [0.25, 0.3) is 0 Å². The van der Waals surface area contributed by atoms with Gasteiger partial charge in [0, 0.05) is 18.0 Å². The molecule has 0 radical (unpaired) electrons. The zero-order chi connectivity index (χ0) is 13.6. The minimum Gasteiger partial charge on any atom is -0.312 e. The topological polar surface area (TPSA) is 15.3 Å². The molecule has 19 heavy (non-hydrogen) atoms. The molecule has 0 aromatic carbocycles. The highest BCUT2D eigenvalue weighted by Crippen LogP contribution is 2.40. The van der Waals surface area contributed by atoms with Gasteiger partial charge in [-0.1, -0.05) is 26.2 Å². The molecule has 1 atom stereocenters. The van der Waals surface area contributed by atoms with Crippen LogP contribution in [0.2, 0.25) is 0 Å². The van der Waals surface area contributed by atoms with E-state index in [2.05, 4.69) is 23.1 Å². The maximum atomic E-state index is 5.50. The van der Waals surface area contributed by atoms with Gasteiger partial charge in [0.15, 0.2) is 0 Å². The average molecular weight is 262 g/mol. The summed E-state index contributed by atoms with van der Waals surface area (Å²) in [5, 5.41) is 3.76. The summed E-state index contributed by atoms with van der Waals surface area (Å²) in [6.07, 6.45) is 17.3. The van der Waals surface area contributed by atoms with Gasteiger partial charge < -0.3 is 5.32 Å². The molecule has 0 aromatic rings. The molecular weight excluding hydrogens is 232 g/mol. The van der Waals surface area contributed by atoms with E-state index in [0.29, 0.717) is 11.6 Å². The largest absolute Gasteiger partial charge is 0.312 e. The van der Waals surface area contributed by atoms with Crippen molar-refractivity contribution >= 4 is 0 Å². The molecule has 0 amide bonds. The van der Waals surface area contributed by atoms with Crippen molar-refractivity contribution in [3.8, 4) is 12.3 Å². The standard InChI is InChI=1S/C17H30N2/c1-3-5-11-16(18-4-2)17(12-7-8-13-17)19-14-9-6-10-15-19/h1,16,18H,4-15H2,2H3. The first-order valence-corrected chi connectivity index (χ1v) is 8.25. The van der Waals surface area contributed by atoms with Crippen LogP contribution < -0.4 is 5.32 Å². The molecule has 108 valence electrons. The number of nitrogens with one attached hydrogen (secondary N) is 1. The number of likely N-dealkylation sites (N-methyl/N-ethyl adjacent to an activating group) is 1. The maximum Gasteiger partial charge on any atom is 0.0362 e. The molecule has 0 spiro atoms. The van der Waals surface area contributed by atoms with Gasteiger partial charge in [-0.25, -0.2) is 0 Å². The third kappa shape index (κ3) is 3.33. The van der Waals surface area contributed by atoms with Gasteiger partial charge in [-0.15, -0.1) is 12.3 Å². The third-order valence-corrected chi connectivity index (χ3v) is 5.13. The SMILES string of the molecule is C#CCCC(NCC)C1(N2CCCCC2)CCCC1. The second-order valence-corrected chi connectivity index (χ2v) is 6.21. The number of terminal acetylenes is 1. The van der Waals surface area contributed by atoms with E-state index in [9.17, 15) is 0 Å². The van der Waals surface area contributed by atoms with Crippen LogP contribution in [-0.2, 0) is 0 Å². The Kier molecular flexibility index (Phi) is 5.73. The Balaban J connectivity index is 2.12. The van der Waals surface area contributed by atoms with Crippen molar-refractivity contribution in [2.45, 2.75) is 76.3 Å². The fourth-order valence-electron chi connectivity index (χ4n) is 4.25. The van der Waals surface area contributed by atoms with E-state index in [0.717, 1.165) is 19.4 Å². The minimum atomic E-state index is 0.410. The van der Waals surface area contributed by atoms with Crippen molar-refractivity contribution in [2.24, 2.45) is 0 Å². The van der Waals surface area contributed by atoms with E-state index in [1.165, 1.54) is 58.0 Å². The predicted octanol–water partition coefficient (Wildman–Crippen LogP) is 3.18. The monoisotopic (exact) mass is 262 g/mol. The number of nitrogens with zero attached hydrogens (tertiary/aromatic N) is 1. The molecule has 1 saturated heterocycles. The predicted molar refractivity (Wildman–Crippen MR) is 82.2 cm³/mol. The molecule has 2 aliphatic rings. The first-order chi connectivity index (χ1) is 9.33. The molecule has 2 heteroatoms. The van der Waals surface area contributed by atoms with Gasteiger partial charge in [0.1, 0.15) is 0 Å². The fraction of sp³-hybridized carbons (Fsp3) is 0.882. The lowest BCUT2D eigenvalue weighted by Crippen LogP contribution is -2.61. The smallest absolute Gasteiger partial charge is 0.0362 e. The number of hydrogen-bond donors (Lipinski definition) is 1. The molecule has 0 bridgehead atoms. The Morgan fingerprint density at radius 3 is 2.42 bits per heavy atom. The first kappa shape index (κ1) is 14.9. The highest BCUT2D eigenvalue weighted by atomic mass is 15.2. The summed E-state index contributed by atoms with van der Waals surface area (Å²) in [6, 6.07) is 0.592. The Bertz CT molecular complexity index is 293. The summed E-state index contributed by atoms with van der Waals surface area (Å²) in [6.45, 7) is 5.89. The average Bonchev–Trinajstić information content (AvgIpc) is 2.95. The van der Waals surface area contributed by atoms with Gasteiger partial charge in [-0.3, -0.25) is 4.90 Å². The number of rotatable bonds is 6. The summed E-state index contributed by atoms with van der Waals surface area (Å²) >= 11 is 0. The number of hydrogen-bond acceptors (Lipinski definition) is 2. The molecule has 1 saturated carbocycles. The van der Waals surface area contributed by atoms with E-state index in [1.54, 1.807) is 0 Å². The molecular formula is C17H30N2. The summed E-state index contributed by atoms with van der Waals surface area (Å²) in [4.78, 5) is 2.81. The first-order valence-electron chi connectivity index (χ1n) is 8.25. The summed E-state index contributed by atoms with van der Waals surface area (Å²) in [5.41, 5.74) is 0.410. The minimum absolute atomic E-state index is 0.410. The Morgan fingerprint density at radius 1 is 1.16 bits per heavy atom. The van der Waals surface area contributed by atoms with E-state index in [1.807, 2.05) is 0 Å². The molecule has 0 aromatic heterocycles. The lowest BCUT2D eigenvalue weighted by molar-refractivity contribution is 0.0349. The van der Waals surface area contributed by atoms with Crippen LogP contribution in [-0.4, -0.2) is 36.1 Å². The molecule has 1 aliphatic carbocycles. The van der Waals surface area contributed by atoms with Crippen molar-refractivity contribution in [2.75, 3.05) is 19.6 Å². The van der Waals surface area contributed by atoms with Crippen LogP contribution in [0.3, 0.4) is 0 Å². The molecule has 1 aliphatic heterocycles. The van der Waals surface area contributed by atoms with Crippen LogP contribution in [0.1, 0.15) is 64.7 Å². The van der Waals surface area contributed by atoms with Crippen molar-refractivity contribution in [3.05, 3.63) is 0 Å². The number of likely N-dealkylation sites (tertiary alicyclic amines) is 1. The molecule has 1 unspecified atom stereocenters. The van der Waals surface area contributed by atoms with Crippen molar-refractivity contribution < 1.29 is 0 Å². The van der Waals surface area contributed by atoms with Gasteiger partial charge >= 0.3 is 0 Å². The molecule has 2 fully saturated rings. The summed E-state index contributed by atoms with van der Waals surface area (Å²) in [5.74, 6) is 2.84. The quantitative estimate of drug-likeness (QED) is 0.740. The van der Waals surface area contributed by atoms with Crippen LogP contribution in [0.15, 0.2) is 0 Å². The van der Waals surface area contributed by atoms with E-state index in [4.69, 9.17) is 6.42 Å². The molecule has 2 nitrogen and oxygen atoms in total. The fourth-order valence-corrected chi connectivity index (χ4v) is 4.25.